The zero-order chi connectivity index (χ0) is 20.5. The van der Waals surface area contributed by atoms with Crippen LogP contribution in [0.3, 0.4) is 0 Å². The Bertz CT molecular complexity index is 714. The second kappa shape index (κ2) is 10.4. The summed E-state index contributed by atoms with van der Waals surface area (Å²) >= 11 is 0. The number of amides is 1. The van der Waals surface area contributed by atoms with E-state index in [1.807, 2.05) is 6.07 Å². The van der Waals surface area contributed by atoms with Gasteiger partial charge in [-0.3, -0.25) is 0 Å². The Labute approximate surface area is 164 Å². The van der Waals surface area contributed by atoms with Crippen molar-refractivity contribution in [1.82, 2.24) is 10.2 Å². The van der Waals surface area contributed by atoms with Crippen molar-refractivity contribution in [2.24, 2.45) is 10.7 Å². The average Bonchev–Trinajstić information content (AvgIpc) is 2.72. The molecule has 0 atom stereocenters. The quantitative estimate of drug-likeness (QED) is 0.428. The lowest BCUT2D eigenvalue weighted by molar-refractivity contribution is 0.0596. The Morgan fingerprint density at radius 2 is 2.00 bits per heavy atom. The van der Waals surface area contributed by atoms with E-state index < -0.39 is 5.97 Å². The van der Waals surface area contributed by atoms with E-state index in [9.17, 15) is 9.59 Å². The first-order chi connectivity index (χ1) is 13.5. The highest BCUT2D eigenvalue weighted by Gasteiger charge is 2.23. The Morgan fingerprint density at radius 3 is 2.61 bits per heavy atom. The highest BCUT2D eigenvalue weighted by atomic mass is 16.6. The summed E-state index contributed by atoms with van der Waals surface area (Å²) in [5.74, 6) is 0.297. The number of ether oxygens (including phenoxy) is 3. The van der Waals surface area contributed by atoms with E-state index in [2.05, 4.69) is 10.3 Å². The summed E-state index contributed by atoms with van der Waals surface area (Å²) in [6.45, 7) is 3.71. The fourth-order valence-corrected chi connectivity index (χ4v) is 2.98. The average molecular weight is 392 g/mol. The van der Waals surface area contributed by atoms with Gasteiger partial charge in [-0.2, -0.15) is 0 Å². The van der Waals surface area contributed by atoms with Gasteiger partial charge in [0.15, 0.2) is 5.96 Å². The van der Waals surface area contributed by atoms with Gasteiger partial charge in [0.2, 0.25) is 0 Å². The van der Waals surface area contributed by atoms with Crippen LogP contribution in [-0.2, 0) is 16.0 Å². The van der Waals surface area contributed by atoms with Crippen LogP contribution < -0.4 is 15.8 Å². The highest BCUT2D eigenvalue weighted by molar-refractivity contribution is 5.92. The molecule has 0 bridgehead atoms. The van der Waals surface area contributed by atoms with E-state index in [1.54, 1.807) is 24.0 Å². The van der Waals surface area contributed by atoms with Gasteiger partial charge in [-0.1, -0.05) is 6.07 Å². The molecule has 1 fully saturated rings. The Hall–Kier alpha value is -2.97. The minimum atomic E-state index is -0.470. The number of hydrogen-bond donors (Lipinski definition) is 2. The summed E-state index contributed by atoms with van der Waals surface area (Å²) in [6, 6.07) is 5.35. The SMILES string of the molecule is CCOC(=O)N1CCC(NC(N)=NCc2ccc(OC)c(C(=O)OC)c2)CC1. The van der Waals surface area contributed by atoms with Gasteiger partial charge in [-0.15, -0.1) is 0 Å². The van der Waals surface area contributed by atoms with Gasteiger partial charge in [0, 0.05) is 19.1 Å². The molecule has 1 aromatic rings. The fourth-order valence-electron chi connectivity index (χ4n) is 2.98. The fraction of sp³-hybridized carbons (Fsp3) is 0.526. The maximum absolute atomic E-state index is 11.8. The number of methoxy groups -OCH3 is 2. The predicted octanol–water partition coefficient (Wildman–Crippen LogP) is 1.51. The molecule has 3 N–H and O–H groups in total. The largest absolute Gasteiger partial charge is 0.496 e. The monoisotopic (exact) mass is 392 g/mol. The number of carbonyl (C=O) groups excluding carboxylic acids is 2. The lowest BCUT2D eigenvalue weighted by Gasteiger charge is -2.31. The predicted molar refractivity (Wildman–Crippen MR) is 104 cm³/mol. The Balaban J connectivity index is 1.89. The van der Waals surface area contributed by atoms with E-state index in [0.717, 1.165) is 18.4 Å². The topological polar surface area (TPSA) is 115 Å². The van der Waals surface area contributed by atoms with Crippen molar-refractivity contribution >= 4 is 18.0 Å². The van der Waals surface area contributed by atoms with Crippen LogP contribution in [0, 0.1) is 0 Å². The molecule has 1 heterocycles. The van der Waals surface area contributed by atoms with Crippen molar-refractivity contribution in [3.05, 3.63) is 29.3 Å². The summed E-state index contributed by atoms with van der Waals surface area (Å²) in [5, 5.41) is 3.18. The van der Waals surface area contributed by atoms with Gasteiger partial charge in [-0.05, 0) is 37.5 Å². The number of guanidine groups is 1. The van der Waals surface area contributed by atoms with Gasteiger partial charge in [-0.25, -0.2) is 14.6 Å². The summed E-state index contributed by atoms with van der Waals surface area (Å²) in [4.78, 5) is 29.6. The third-order valence-electron chi connectivity index (χ3n) is 4.47. The number of nitrogens with two attached hydrogens (primary N) is 1. The van der Waals surface area contributed by atoms with Crippen LogP contribution in [0.25, 0.3) is 0 Å². The van der Waals surface area contributed by atoms with Crippen molar-refractivity contribution in [3.8, 4) is 5.75 Å². The van der Waals surface area contributed by atoms with Gasteiger partial charge >= 0.3 is 12.1 Å². The molecule has 154 valence electrons. The minimum Gasteiger partial charge on any atom is -0.496 e. The first kappa shape index (κ1) is 21.3. The van der Waals surface area contributed by atoms with Crippen LogP contribution in [0.15, 0.2) is 23.2 Å². The third kappa shape index (κ3) is 5.77. The number of hydrogen-bond acceptors (Lipinski definition) is 6. The second-order valence-corrected chi connectivity index (χ2v) is 6.33. The molecule has 1 aromatic carbocycles. The normalized spacial score (nSPS) is 15.1. The number of piperidine rings is 1. The molecule has 28 heavy (non-hydrogen) atoms. The molecule has 0 aromatic heterocycles. The maximum atomic E-state index is 11.8. The Kier molecular flexibility index (Phi) is 7.91. The van der Waals surface area contributed by atoms with Crippen LogP contribution in [-0.4, -0.2) is 62.9 Å². The van der Waals surface area contributed by atoms with Crippen molar-refractivity contribution in [1.29, 1.82) is 0 Å². The van der Waals surface area contributed by atoms with Crippen molar-refractivity contribution in [2.75, 3.05) is 33.9 Å². The molecular formula is C19H28N4O5. The number of aliphatic imine (C=N–C) groups is 1. The molecule has 2 rings (SSSR count). The maximum Gasteiger partial charge on any atom is 0.409 e. The van der Waals surface area contributed by atoms with E-state index in [4.69, 9.17) is 19.9 Å². The van der Waals surface area contributed by atoms with Crippen LogP contribution in [0.2, 0.25) is 0 Å². The first-order valence-corrected chi connectivity index (χ1v) is 9.21. The van der Waals surface area contributed by atoms with E-state index in [0.29, 0.717) is 43.5 Å². The number of nitrogens with zero attached hydrogens (tertiary/aromatic N) is 2. The molecule has 1 amide bonds. The smallest absolute Gasteiger partial charge is 0.409 e. The van der Waals surface area contributed by atoms with Gasteiger partial charge in [0.1, 0.15) is 11.3 Å². The molecule has 1 aliphatic heterocycles. The second-order valence-electron chi connectivity index (χ2n) is 6.33. The number of benzene rings is 1. The lowest BCUT2D eigenvalue weighted by atomic mass is 10.1. The Morgan fingerprint density at radius 1 is 1.29 bits per heavy atom. The standard InChI is InChI=1S/C19H28N4O5/c1-4-28-19(25)23-9-7-14(8-10-23)22-18(20)21-12-13-5-6-16(26-2)15(11-13)17(24)27-3/h5-6,11,14H,4,7-10,12H2,1-3H3,(H3,20,21,22). The molecule has 1 aliphatic rings. The first-order valence-electron chi connectivity index (χ1n) is 9.21. The highest BCUT2D eigenvalue weighted by Crippen LogP contribution is 2.21. The molecule has 0 saturated carbocycles. The molecule has 0 spiro atoms. The van der Waals surface area contributed by atoms with Gasteiger partial charge < -0.3 is 30.2 Å². The molecule has 9 nitrogen and oxygen atoms in total. The number of rotatable bonds is 6. The van der Waals surface area contributed by atoms with Crippen molar-refractivity contribution in [2.45, 2.75) is 32.4 Å². The van der Waals surface area contributed by atoms with Gasteiger partial charge in [0.25, 0.3) is 0 Å². The molecule has 1 saturated heterocycles. The van der Waals surface area contributed by atoms with Crippen LogP contribution >= 0.6 is 0 Å². The molecule has 0 aliphatic carbocycles. The summed E-state index contributed by atoms with van der Waals surface area (Å²) in [5.41, 5.74) is 7.14. The van der Waals surface area contributed by atoms with E-state index >= 15 is 0 Å². The van der Waals surface area contributed by atoms with E-state index in [1.165, 1.54) is 14.2 Å². The number of carbonyl (C=O) groups is 2. The molecule has 0 unspecified atom stereocenters. The summed E-state index contributed by atoms with van der Waals surface area (Å²) < 4.78 is 15.0. The lowest BCUT2D eigenvalue weighted by Crippen LogP contribution is -2.48. The number of esters is 1. The zero-order valence-electron chi connectivity index (χ0n) is 16.6. The number of nitrogens with one attached hydrogen (secondary N) is 1. The molecular weight excluding hydrogens is 364 g/mol. The zero-order valence-corrected chi connectivity index (χ0v) is 16.6. The summed E-state index contributed by atoms with van der Waals surface area (Å²) in [7, 11) is 2.82. The van der Waals surface area contributed by atoms with Crippen molar-refractivity contribution < 1.29 is 23.8 Å². The van der Waals surface area contributed by atoms with Crippen LogP contribution in [0.1, 0.15) is 35.7 Å². The van der Waals surface area contributed by atoms with Crippen LogP contribution in [0.4, 0.5) is 4.79 Å². The van der Waals surface area contributed by atoms with Crippen LogP contribution in [0.5, 0.6) is 5.75 Å². The minimum absolute atomic E-state index is 0.149. The molecule has 0 radical (unpaired) electrons. The number of likely N-dealkylation sites (tertiary alicyclic amines) is 1. The molecule has 9 heteroatoms. The third-order valence-corrected chi connectivity index (χ3v) is 4.47. The van der Waals surface area contributed by atoms with Crippen molar-refractivity contribution in [3.63, 3.8) is 0 Å². The summed E-state index contributed by atoms with van der Waals surface area (Å²) in [6.07, 6.45) is 1.26. The van der Waals surface area contributed by atoms with E-state index in [-0.39, 0.29) is 12.1 Å². The van der Waals surface area contributed by atoms with Gasteiger partial charge in [0.05, 0.1) is 27.4 Å².